The van der Waals surface area contributed by atoms with Crippen LogP contribution < -0.4 is 10.4 Å². The molecule has 0 radical (unpaired) electrons. The molecule has 1 heterocycles. The van der Waals surface area contributed by atoms with Crippen molar-refractivity contribution in [1.29, 1.82) is 0 Å². The zero-order valence-corrected chi connectivity index (χ0v) is 16.6. The van der Waals surface area contributed by atoms with E-state index in [0.29, 0.717) is 5.56 Å². The lowest BCUT2D eigenvalue weighted by molar-refractivity contribution is 0.0809. The first-order valence-corrected chi connectivity index (χ1v) is 8.40. The second-order valence-corrected chi connectivity index (χ2v) is 8.52. The van der Waals surface area contributed by atoms with Gasteiger partial charge in [0.15, 0.2) is 0 Å². The molecule has 0 aliphatic heterocycles. The standard InChI is InChI=1S/C14H23B4FN4O3/c1-12(2,3)7-5-9(23-11(24)22(4)20-21-23)10(6-8(7)19)26-14(17,18)13(15,16)25/h5-6,25H,15-18H2,1-4H3. The predicted molar refractivity (Wildman–Crippen MR) is 108 cm³/mol. The van der Waals surface area contributed by atoms with Crippen molar-refractivity contribution in [1.82, 2.24) is 19.8 Å². The van der Waals surface area contributed by atoms with Crippen LogP contribution in [-0.2, 0) is 12.5 Å². The summed E-state index contributed by atoms with van der Waals surface area (Å²) >= 11 is 0. The third kappa shape index (κ3) is 3.75. The maximum Gasteiger partial charge on any atom is 0.368 e. The molecule has 0 spiro atoms. The van der Waals surface area contributed by atoms with Gasteiger partial charge >= 0.3 is 5.69 Å². The van der Waals surface area contributed by atoms with Crippen LogP contribution in [0.5, 0.6) is 5.75 Å². The van der Waals surface area contributed by atoms with Crippen molar-refractivity contribution < 1.29 is 14.2 Å². The smallest absolute Gasteiger partial charge is 0.368 e. The highest BCUT2D eigenvalue weighted by atomic mass is 19.1. The Labute approximate surface area is 155 Å². The molecule has 2 rings (SSSR count). The van der Waals surface area contributed by atoms with Crippen LogP contribution in [0, 0.1) is 5.82 Å². The van der Waals surface area contributed by atoms with Crippen LogP contribution in [-0.4, -0.2) is 67.1 Å². The number of tetrazole rings is 1. The fraction of sp³-hybridized carbons (Fsp3) is 0.500. The number of aliphatic hydroxyl groups is 1. The van der Waals surface area contributed by atoms with E-state index in [0.717, 1.165) is 9.36 Å². The van der Waals surface area contributed by atoms with Crippen molar-refractivity contribution in [2.45, 2.75) is 37.0 Å². The Kier molecular flexibility index (Phi) is 4.96. The van der Waals surface area contributed by atoms with E-state index in [9.17, 15) is 14.3 Å². The van der Waals surface area contributed by atoms with Gasteiger partial charge in [0.05, 0.1) is 5.40 Å². The van der Waals surface area contributed by atoms with Gasteiger partial charge in [0, 0.05) is 18.5 Å². The van der Waals surface area contributed by atoms with Gasteiger partial charge in [0.2, 0.25) is 0 Å². The molecule has 0 fully saturated rings. The zero-order valence-electron chi connectivity index (χ0n) is 16.6. The van der Waals surface area contributed by atoms with Crippen LogP contribution >= 0.6 is 0 Å². The van der Waals surface area contributed by atoms with E-state index in [-0.39, 0.29) is 11.4 Å². The summed E-state index contributed by atoms with van der Waals surface area (Å²) in [6, 6.07) is 2.77. The number of ether oxygens (including phenoxy) is 1. The molecule has 1 N–H and O–H groups in total. The third-order valence-corrected chi connectivity index (χ3v) is 4.64. The van der Waals surface area contributed by atoms with Crippen LogP contribution in [0.3, 0.4) is 0 Å². The van der Waals surface area contributed by atoms with E-state index in [4.69, 9.17) is 4.74 Å². The molecule has 0 aliphatic carbocycles. The molecule has 0 bridgehead atoms. The third-order valence-electron chi connectivity index (χ3n) is 4.64. The molecule has 0 atom stereocenters. The summed E-state index contributed by atoms with van der Waals surface area (Å²) in [7, 11) is 8.04. The maximum atomic E-state index is 14.7. The Hall–Kier alpha value is -1.96. The van der Waals surface area contributed by atoms with Crippen LogP contribution in [0.25, 0.3) is 5.69 Å². The average molecular weight is 358 g/mol. The quantitative estimate of drug-likeness (QED) is 0.577. The van der Waals surface area contributed by atoms with Crippen LogP contribution in [0.2, 0.25) is 0 Å². The lowest BCUT2D eigenvalue weighted by Crippen LogP contribution is -2.60. The molecule has 0 saturated carbocycles. The summed E-state index contributed by atoms with van der Waals surface area (Å²) in [6.07, 6.45) is 0. The van der Waals surface area contributed by atoms with Crippen molar-refractivity contribution in [3.63, 3.8) is 0 Å². The Bertz CT molecular complexity index is 884. The first-order valence-electron chi connectivity index (χ1n) is 8.40. The Morgan fingerprint density at radius 3 is 2.15 bits per heavy atom. The molecule has 0 saturated heterocycles. The summed E-state index contributed by atoms with van der Waals surface area (Å²) in [5.41, 5.74) is -0.290. The van der Waals surface area contributed by atoms with Crippen molar-refractivity contribution in [3.8, 4) is 11.4 Å². The van der Waals surface area contributed by atoms with Gasteiger partial charge < -0.3 is 9.84 Å². The summed E-state index contributed by atoms with van der Waals surface area (Å²) in [5, 5.41) is 15.7. The van der Waals surface area contributed by atoms with E-state index < -0.39 is 27.7 Å². The van der Waals surface area contributed by atoms with E-state index >= 15 is 0 Å². The number of hydrogen-bond donors (Lipinski definition) is 1. The van der Waals surface area contributed by atoms with E-state index in [1.54, 1.807) is 37.5 Å². The lowest BCUT2D eigenvalue weighted by Gasteiger charge is -2.39. The minimum atomic E-state index is -1.21. The molecule has 1 aromatic carbocycles. The predicted octanol–water partition coefficient (Wildman–Crippen LogP) is -3.39. The molecule has 0 unspecified atom stereocenters. The minimum Gasteiger partial charge on any atom is -0.502 e. The Morgan fingerprint density at radius 2 is 1.73 bits per heavy atom. The molecule has 0 amide bonds. The Morgan fingerprint density at radius 1 is 1.15 bits per heavy atom. The number of halogens is 1. The summed E-state index contributed by atoms with van der Waals surface area (Å²) < 4.78 is 22.8. The van der Waals surface area contributed by atoms with Gasteiger partial charge in [0.25, 0.3) is 0 Å². The molecular weight excluding hydrogens is 334 g/mol. The molecular formula is C14H23B4FN4O3. The molecule has 7 nitrogen and oxygen atoms in total. The number of nitrogens with zero attached hydrogens (tertiary/aromatic N) is 4. The highest BCUT2D eigenvalue weighted by Gasteiger charge is 2.37. The van der Waals surface area contributed by atoms with Gasteiger partial charge in [-0.25, -0.2) is 9.18 Å². The molecule has 0 aliphatic rings. The van der Waals surface area contributed by atoms with Gasteiger partial charge in [-0.2, -0.15) is 9.36 Å². The van der Waals surface area contributed by atoms with Crippen LogP contribution in [0.1, 0.15) is 26.3 Å². The number of hydrogen-bond acceptors (Lipinski definition) is 5. The topological polar surface area (TPSA) is 82.2 Å². The zero-order chi connectivity index (χ0) is 20.1. The van der Waals surface area contributed by atoms with Crippen molar-refractivity contribution >= 4 is 31.4 Å². The first-order chi connectivity index (χ1) is 11.6. The van der Waals surface area contributed by atoms with E-state index in [1.807, 2.05) is 20.8 Å². The van der Waals surface area contributed by atoms with Gasteiger partial charge in [-0.05, 0) is 27.5 Å². The number of rotatable bonds is 4. The highest BCUT2D eigenvalue weighted by molar-refractivity contribution is 6.53. The van der Waals surface area contributed by atoms with Crippen molar-refractivity contribution in [3.05, 3.63) is 34.0 Å². The minimum absolute atomic E-state index is 0.102. The molecule has 136 valence electrons. The summed E-state index contributed by atoms with van der Waals surface area (Å²) in [6.45, 7) is 5.61. The number of aromatic nitrogens is 4. The fourth-order valence-electron chi connectivity index (χ4n) is 2.23. The van der Waals surface area contributed by atoms with E-state index in [1.165, 1.54) is 13.1 Å². The molecule has 26 heavy (non-hydrogen) atoms. The van der Waals surface area contributed by atoms with Crippen molar-refractivity contribution in [2.24, 2.45) is 7.05 Å². The average Bonchev–Trinajstić information content (AvgIpc) is 2.76. The summed E-state index contributed by atoms with van der Waals surface area (Å²) in [4.78, 5) is 12.3. The SMILES string of the molecule is BC(B)(O)C(B)(B)Oc1cc(F)c(C(C)(C)C)cc1-n1nnn(C)c1=O. The van der Waals surface area contributed by atoms with Crippen LogP contribution in [0.4, 0.5) is 4.39 Å². The Balaban J connectivity index is 2.73. The second kappa shape index (κ2) is 6.33. The lowest BCUT2D eigenvalue weighted by atomic mass is 9.42. The summed E-state index contributed by atoms with van der Waals surface area (Å²) in [5.74, 6) is -0.357. The highest BCUT2D eigenvalue weighted by Crippen LogP contribution is 2.34. The van der Waals surface area contributed by atoms with Gasteiger partial charge in [0.1, 0.15) is 48.6 Å². The molecule has 1 aromatic heterocycles. The van der Waals surface area contributed by atoms with Crippen LogP contribution in [0.15, 0.2) is 16.9 Å². The monoisotopic (exact) mass is 358 g/mol. The van der Waals surface area contributed by atoms with E-state index in [2.05, 4.69) is 10.4 Å². The number of benzene rings is 1. The van der Waals surface area contributed by atoms with Gasteiger partial charge in [-0.1, -0.05) is 20.8 Å². The molecule has 2 aromatic rings. The largest absolute Gasteiger partial charge is 0.502 e. The van der Waals surface area contributed by atoms with Crippen molar-refractivity contribution in [2.75, 3.05) is 0 Å². The second-order valence-electron chi connectivity index (χ2n) is 8.52. The number of aryl methyl sites for hydroxylation is 1. The first kappa shape index (κ1) is 20.4. The van der Waals surface area contributed by atoms with Gasteiger partial charge in [-0.15, -0.1) is 0 Å². The fourth-order valence-corrected chi connectivity index (χ4v) is 2.23. The van der Waals surface area contributed by atoms with Gasteiger partial charge in [-0.3, -0.25) is 0 Å². The normalized spacial score (nSPS) is 13.0. The maximum absolute atomic E-state index is 14.7. The molecule has 12 heteroatoms.